The van der Waals surface area contributed by atoms with Gasteiger partial charge >= 0.3 is 0 Å². The average Bonchev–Trinajstić information content (AvgIpc) is 3.08. The molecule has 132 valence electrons. The Morgan fingerprint density at radius 3 is 2.33 bits per heavy atom. The minimum absolute atomic E-state index is 0.256. The van der Waals surface area contributed by atoms with Crippen molar-refractivity contribution < 1.29 is 5.11 Å². The molecule has 5 heteroatoms. The molecule has 4 rings (SSSR count). The van der Waals surface area contributed by atoms with Gasteiger partial charge in [0.05, 0.1) is 5.39 Å². The number of aromatic hydroxyl groups is 1. The van der Waals surface area contributed by atoms with Crippen LogP contribution in [-0.2, 0) is 0 Å². The van der Waals surface area contributed by atoms with E-state index in [9.17, 15) is 9.90 Å². The first-order chi connectivity index (χ1) is 13.0. The van der Waals surface area contributed by atoms with Crippen LogP contribution in [-0.4, -0.2) is 10.1 Å². The number of benzene rings is 2. The molecule has 2 heterocycles. The number of H-pyrrole nitrogens is 1. The van der Waals surface area contributed by atoms with Crippen molar-refractivity contribution in [3.63, 3.8) is 0 Å². The van der Waals surface area contributed by atoms with E-state index in [2.05, 4.69) is 37.0 Å². The number of rotatable bonds is 2. The number of aromatic nitrogens is 1. The van der Waals surface area contributed by atoms with Crippen molar-refractivity contribution >= 4 is 21.6 Å². The number of nitrogens with one attached hydrogen (secondary N) is 1. The van der Waals surface area contributed by atoms with Gasteiger partial charge in [-0.1, -0.05) is 42.5 Å². The molecular weight excluding hydrogens is 356 g/mol. The van der Waals surface area contributed by atoms with Crippen LogP contribution in [0.25, 0.3) is 32.5 Å². The van der Waals surface area contributed by atoms with Crippen LogP contribution in [0, 0.1) is 25.2 Å². The van der Waals surface area contributed by atoms with Gasteiger partial charge < -0.3 is 10.1 Å². The standard InChI is InChI=1S/C22H16N2O2S/c1-12-3-4-16(9-13(12)2)14-5-7-15(8-6-14)18-11-27-22-19(18)20(25)17(10-23)21(26)24-22/h3-9,11H,1-2H3,(H2,24,25,26). The highest BCUT2D eigenvalue weighted by Gasteiger charge is 2.17. The van der Waals surface area contributed by atoms with Gasteiger partial charge in [0.1, 0.15) is 16.6 Å². The maximum atomic E-state index is 11.9. The summed E-state index contributed by atoms with van der Waals surface area (Å²) in [6.45, 7) is 4.19. The van der Waals surface area contributed by atoms with Gasteiger partial charge in [0.15, 0.2) is 5.56 Å². The Hall–Kier alpha value is -3.36. The SMILES string of the molecule is Cc1ccc(-c2ccc(-c3csc4[nH]c(=O)c(C#N)c(O)c34)cc2)cc1C. The van der Waals surface area contributed by atoms with Crippen molar-refractivity contribution in [2.45, 2.75) is 13.8 Å². The maximum Gasteiger partial charge on any atom is 0.270 e. The van der Waals surface area contributed by atoms with Crippen LogP contribution in [0.15, 0.2) is 52.6 Å². The Morgan fingerprint density at radius 1 is 1.00 bits per heavy atom. The first-order valence-corrected chi connectivity index (χ1v) is 9.32. The van der Waals surface area contributed by atoms with Gasteiger partial charge in [-0.25, -0.2) is 0 Å². The van der Waals surface area contributed by atoms with Crippen molar-refractivity contribution in [1.29, 1.82) is 5.26 Å². The van der Waals surface area contributed by atoms with Crippen molar-refractivity contribution in [2.24, 2.45) is 0 Å². The monoisotopic (exact) mass is 372 g/mol. The van der Waals surface area contributed by atoms with Gasteiger partial charge in [-0.05, 0) is 41.7 Å². The fourth-order valence-corrected chi connectivity index (χ4v) is 4.13. The smallest absolute Gasteiger partial charge is 0.270 e. The molecule has 4 nitrogen and oxygen atoms in total. The van der Waals surface area contributed by atoms with E-state index in [0.29, 0.717) is 10.2 Å². The van der Waals surface area contributed by atoms with Crippen LogP contribution in [0.1, 0.15) is 16.7 Å². The number of aryl methyl sites for hydroxylation is 2. The molecule has 2 N–H and O–H groups in total. The van der Waals surface area contributed by atoms with Gasteiger partial charge in [-0.2, -0.15) is 5.26 Å². The molecule has 2 aromatic carbocycles. The summed E-state index contributed by atoms with van der Waals surface area (Å²) in [6, 6.07) is 16.2. The van der Waals surface area contributed by atoms with Crippen LogP contribution in [0.5, 0.6) is 5.75 Å². The molecule has 0 atom stereocenters. The average molecular weight is 372 g/mol. The summed E-state index contributed by atoms with van der Waals surface area (Å²) >= 11 is 1.34. The van der Waals surface area contributed by atoms with E-state index in [1.165, 1.54) is 22.5 Å². The van der Waals surface area contributed by atoms with E-state index in [1.807, 2.05) is 29.6 Å². The van der Waals surface area contributed by atoms with E-state index in [1.54, 1.807) is 6.07 Å². The number of aromatic amines is 1. The molecule has 0 bridgehead atoms. The zero-order chi connectivity index (χ0) is 19.1. The summed E-state index contributed by atoms with van der Waals surface area (Å²) in [5.74, 6) is -0.259. The third kappa shape index (κ3) is 2.80. The van der Waals surface area contributed by atoms with E-state index in [0.717, 1.165) is 22.3 Å². The summed E-state index contributed by atoms with van der Waals surface area (Å²) in [7, 11) is 0. The normalized spacial score (nSPS) is 10.9. The van der Waals surface area contributed by atoms with Crippen LogP contribution >= 0.6 is 11.3 Å². The lowest BCUT2D eigenvalue weighted by Gasteiger charge is -2.07. The zero-order valence-corrected chi connectivity index (χ0v) is 15.6. The van der Waals surface area contributed by atoms with E-state index < -0.39 is 5.56 Å². The van der Waals surface area contributed by atoms with E-state index in [-0.39, 0.29) is 11.3 Å². The molecule has 27 heavy (non-hydrogen) atoms. The first-order valence-electron chi connectivity index (χ1n) is 8.44. The van der Waals surface area contributed by atoms with Crippen molar-refractivity contribution in [3.8, 4) is 34.1 Å². The summed E-state index contributed by atoms with van der Waals surface area (Å²) in [5, 5.41) is 21.9. The Kier molecular flexibility index (Phi) is 4.06. The lowest BCUT2D eigenvalue weighted by molar-refractivity contribution is 0.479. The predicted octanol–water partition coefficient (Wildman–Crippen LogP) is 5.12. The quantitative estimate of drug-likeness (QED) is 0.513. The molecule has 0 spiro atoms. The largest absolute Gasteiger partial charge is 0.506 e. The molecule has 0 aliphatic carbocycles. The molecule has 0 radical (unpaired) electrons. The van der Waals surface area contributed by atoms with Crippen molar-refractivity contribution in [1.82, 2.24) is 4.98 Å². The van der Waals surface area contributed by atoms with Crippen LogP contribution in [0.4, 0.5) is 0 Å². The highest BCUT2D eigenvalue weighted by Crippen LogP contribution is 2.39. The first kappa shape index (κ1) is 17.1. The van der Waals surface area contributed by atoms with Crippen molar-refractivity contribution in [2.75, 3.05) is 0 Å². The van der Waals surface area contributed by atoms with E-state index in [4.69, 9.17) is 5.26 Å². The molecule has 0 amide bonds. The summed E-state index contributed by atoms with van der Waals surface area (Å²) < 4.78 is 0. The van der Waals surface area contributed by atoms with Gasteiger partial charge in [0.25, 0.3) is 5.56 Å². The van der Waals surface area contributed by atoms with Gasteiger partial charge in [-0.3, -0.25) is 4.79 Å². The molecule has 0 fully saturated rings. The van der Waals surface area contributed by atoms with Crippen LogP contribution in [0.2, 0.25) is 0 Å². The highest BCUT2D eigenvalue weighted by molar-refractivity contribution is 7.17. The molecule has 2 aromatic heterocycles. The molecule has 0 saturated carbocycles. The molecule has 0 unspecified atom stereocenters. The summed E-state index contributed by atoms with van der Waals surface area (Å²) in [4.78, 5) is 15.1. The molecule has 0 saturated heterocycles. The van der Waals surface area contributed by atoms with E-state index >= 15 is 0 Å². The summed E-state index contributed by atoms with van der Waals surface area (Å²) in [6.07, 6.45) is 0. The Bertz CT molecular complexity index is 1270. The molecule has 0 aliphatic rings. The Balaban J connectivity index is 1.82. The fraction of sp³-hybridized carbons (Fsp3) is 0.0909. The number of nitrogens with zero attached hydrogens (tertiary/aromatic N) is 1. The zero-order valence-electron chi connectivity index (χ0n) is 14.8. The second kappa shape index (κ2) is 6.42. The lowest BCUT2D eigenvalue weighted by Crippen LogP contribution is -2.09. The maximum absolute atomic E-state index is 11.9. The minimum atomic E-state index is -0.569. The molecular formula is C22H16N2O2S. The number of thiophene rings is 1. The van der Waals surface area contributed by atoms with Gasteiger partial charge in [0.2, 0.25) is 0 Å². The number of hydrogen-bond acceptors (Lipinski definition) is 4. The van der Waals surface area contributed by atoms with Crippen LogP contribution < -0.4 is 5.56 Å². The molecule has 0 aliphatic heterocycles. The van der Waals surface area contributed by atoms with Gasteiger partial charge in [-0.15, -0.1) is 11.3 Å². The van der Waals surface area contributed by atoms with Crippen molar-refractivity contribution in [3.05, 3.63) is 74.9 Å². The predicted molar refractivity (Wildman–Crippen MR) is 109 cm³/mol. The topological polar surface area (TPSA) is 76.9 Å². The second-order valence-electron chi connectivity index (χ2n) is 6.52. The number of hydrogen-bond donors (Lipinski definition) is 2. The third-order valence-electron chi connectivity index (χ3n) is 4.87. The Labute approximate surface area is 160 Å². The lowest BCUT2D eigenvalue weighted by atomic mass is 9.97. The fourth-order valence-electron chi connectivity index (χ4n) is 3.16. The summed E-state index contributed by atoms with van der Waals surface area (Å²) in [5.41, 5.74) is 5.66. The highest BCUT2D eigenvalue weighted by atomic mass is 32.1. The van der Waals surface area contributed by atoms with Crippen LogP contribution in [0.3, 0.4) is 0 Å². The number of fused-ring (bicyclic) bond motifs is 1. The minimum Gasteiger partial charge on any atom is -0.506 e. The number of pyridine rings is 1. The van der Waals surface area contributed by atoms with Gasteiger partial charge in [0, 0.05) is 10.9 Å². The Morgan fingerprint density at radius 2 is 1.67 bits per heavy atom. The number of nitriles is 1. The molecule has 4 aromatic rings. The second-order valence-corrected chi connectivity index (χ2v) is 7.40. The third-order valence-corrected chi connectivity index (χ3v) is 5.76.